The molecule has 0 heterocycles. The van der Waals surface area contributed by atoms with Crippen LogP contribution in [0.4, 0.5) is 4.79 Å². The maximum absolute atomic E-state index is 11.5. The van der Waals surface area contributed by atoms with E-state index < -0.39 is 12.1 Å². The fourth-order valence-electron chi connectivity index (χ4n) is 1.19. The van der Waals surface area contributed by atoms with Crippen LogP contribution in [0.3, 0.4) is 0 Å². The molecule has 5 heteroatoms. The van der Waals surface area contributed by atoms with Crippen molar-refractivity contribution < 1.29 is 14.7 Å². The highest BCUT2D eigenvalue weighted by molar-refractivity contribution is 5.85. The van der Waals surface area contributed by atoms with Crippen LogP contribution < -0.4 is 10.6 Å². The number of carbonyl (C=O) groups is 2. The van der Waals surface area contributed by atoms with Crippen molar-refractivity contribution in [3.63, 3.8) is 0 Å². The molecule has 0 radical (unpaired) electrons. The lowest BCUT2D eigenvalue weighted by atomic mass is 10.0. The molecule has 0 aromatic heterocycles. The summed E-state index contributed by atoms with van der Waals surface area (Å²) in [6.07, 6.45) is 0.849. The van der Waals surface area contributed by atoms with E-state index in [2.05, 4.69) is 10.6 Å². The molecule has 1 fully saturated rings. The second kappa shape index (κ2) is 4.30. The fraction of sp³-hybridized carbons (Fsp3) is 0.778. The van der Waals surface area contributed by atoms with Crippen LogP contribution in [0, 0.1) is 5.92 Å². The van der Waals surface area contributed by atoms with Gasteiger partial charge in [0.15, 0.2) is 0 Å². The van der Waals surface area contributed by atoms with Gasteiger partial charge in [0.25, 0.3) is 0 Å². The molecule has 0 aliphatic heterocycles. The molecule has 1 atom stereocenters. The maximum atomic E-state index is 11.5. The van der Waals surface area contributed by atoms with E-state index in [-0.39, 0.29) is 17.9 Å². The Kier molecular flexibility index (Phi) is 3.33. The lowest BCUT2D eigenvalue weighted by molar-refractivity contribution is -0.124. The van der Waals surface area contributed by atoms with Crippen molar-refractivity contribution in [2.45, 2.75) is 38.8 Å². The minimum Gasteiger partial charge on any atom is -0.465 e. The number of hydrogen-bond acceptors (Lipinski definition) is 2. The Bertz CT molecular complexity index is 236. The molecule has 1 rings (SSSR count). The summed E-state index contributed by atoms with van der Waals surface area (Å²) in [4.78, 5) is 22.0. The quantitative estimate of drug-likeness (QED) is 0.620. The second-order valence-electron chi connectivity index (χ2n) is 3.95. The highest BCUT2D eigenvalue weighted by Gasteiger charge is 2.29. The standard InChI is InChI=1S/C9H16N2O3/c1-5(2)7(11-9(13)14)8(12)10-6-3-4-6/h5-7,11H,3-4H2,1-2H3,(H,10,12)(H,13,14). The molecule has 1 unspecified atom stereocenters. The Morgan fingerprint density at radius 3 is 2.29 bits per heavy atom. The van der Waals surface area contributed by atoms with Crippen molar-refractivity contribution in [3.8, 4) is 0 Å². The van der Waals surface area contributed by atoms with Crippen molar-refractivity contribution in [1.29, 1.82) is 0 Å². The number of amides is 2. The zero-order valence-corrected chi connectivity index (χ0v) is 8.41. The minimum absolute atomic E-state index is 0.0372. The van der Waals surface area contributed by atoms with Gasteiger partial charge in [-0.1, -0.05) is 13.8 Å². The molecular weight excluding hydrogens is 184 g/mol. The third-order valence-electron chi connectivity index (χ3n) is 2.15. The van der Waals surface area contributed by atoms with Gasteiger partial charge in [-0.05, 0) is 18.8 Å². The van der Waals surface area contributed by atoms with E-state index in [0.717, 1.165) is 12.8 Å². The number of rotatable bonds is 4. The van der Waals surface area contributed by atoms with Crippen LogP contribution in [-0.4, -0.2) is 29.2 Å². The summed E-state index contributed by atoms with van der Waals surface area (Å²) >= 11 is 0. The van der Waals surface area contributed by atoms with Crippen LogP contribution in [0.1, 0.15) is 26.7 Å². The van der Waals surface area contributed by atoms with Gasteiger partial charge in [0.1, 0.15) is 6.04 Å². The van der Waals surface area contributed by atoms with E-state index in [0.29, 0.717) is 0 Å². The van der Waals surface area contributed by atoms with Crippen molar-refractivity contribution >= 4 is 12.0 Å². The molecule has 5 nitrogen and oxygen atoms in total. The highest BCUT2D eigenvalue weighted by atomic mass is 16.4. The monoisotopic (exact) mass is 200 g/mol. The summed E-state index contributed by atoms with van der Waals surface area (Å²) in [6, 6.07) is -0.382. The van der Waals surface area contributed by atoms with Crippen LogP contribution in [0.2, 0.25) is 0 Å². The minimum atomic E-state index is -1.16. The van der Waals surface area contributed by atoms with Crippen molar-refractivity contribution in [2.24, 2.45) is 5.92 Å². The Morgan fingerprint density at radius 2 is 1.93 bits per heavy atom. The Labute approximate surface area is 82.9 Å². The van der Waals surface area contributed by atoms with Crippen molar-refractivity contribution in [1.82, 2.24) is 10.6 Å². The number of carbonyl (C=O) groups excluding carboxylic acids is 1. The Hall–Kier alpha value is -1.26. The van der Waals surface area contributed by atoms with Gasteiger partial charge in [0.2, 0.25) is 5.91 Å². The van der Waals surface area contributed by atoms with Crippen LogP contribution >= 0.6 is 0 Å². The first-order valence-electron chi connectivity index (χ1n) is 4.80. The molecule has 1 aliphatic rings. The average molecular weight is 200 g/mol. The third kappa shape index (κ3) is 3.24. The number of nitrogens with one attached hydrogen (secondary N) is 2. The molecule has 0 saturated heterocycles. The summed E-state index contributed by atoms with van der Waals surface area (Å²) in [5.74, 6) is -0.255. The van der Waals surface area contributed by atoms with Crippen molar-refractivity contribution in [3.05, 3.63) is 0 Å². The van der Waals surface area contributed by atoms with E-state index in [1.54, 1.807) is 0 Å². The average Bonchev–Trinajstić information content (AvgIpc) is 2.82. The highest BCUT2D eigenvalue weighted by Crippen LogP contribution is 2.19. The van der Waals surface area contributed by atoms with Gasteiger partial charge in [0.05, 0.1) is 0 Å². The number of hydrogen-bond donors (Lipinski definition) is 3. The van der Waals surface area contributed by atoms with Gasteiger partial charge in [-0.2, -0.15) is 0 Å². The summed E-state index contributed by atoms with van der Waals surface area (Å²) in [5, 5.41) is 13.5. The molecule has 3 N–H and O–H groups in total. The summed E-state index contributed by atoms with van der Waals surface area (Å²) in [6.45, 7) is 3.63. The largest absolute Gasteiger partial charge is 0.465 e. The predicted octanol–water partition coefficient (Wildman–Crippen LogP) is 0.557. The summed E-state index contributed by atoms with van der Waals surface area (Å²) in [7, 11) is 0. The van der Waals surface area contributed by atoms with Crippen LogP contribution in [-0.2, 0) is 4.79 Å². The summed E-state index contributed by atoms with van der Waals surface area (Å²) in [5.41, 5.74) is 0. The smallest absolute Gasteiger partial charge is 0.405 e. The zero-order chi connectivity index (χ0) is 10.7. The van der Waals surface area contributed by atoms with E-state index in [4.69, 9.17) is 5.11 Å². The zero-order valence-electron chi connectivity index (χ0n) is 8.41. The van der Waals surface area contributed by atoms with E-state index in [9.17, 15) is 9.59 Å². The molecule has 2 amide bonds. The normalized spacial score (nSPS) is 17.6. The van der Waals surface area contributed by atoms with Gasteiger partial charge < -0.3 is 15.7 Å². The van der Waals surface area contributed by atoms with E-state index >= 15 is 0 Å². The first-order valence-corrected chi connectivity index (χ1v) is 4.80. The van der Waals surface area contributed by atoms with E-state index in [1.807, 2.05) is 13.8 Å². The fourth-order valence-corrected chi connectivity index (χ4v) is 1.19. The van der Waals surface area contributed by atoms with Gasteiger partial charge in [-0.25, -0.2) is 4.79 Å². The molecular formula is C9H16N2O3. The first-order chi connectivity index (χ1) is 6.50. The molecule has 0 bridgehead atoms. The third-order valence-corrected chi connectivity index (χ3v) is 2.15. The molecule has 1 aliphatic carbocycles. The SMILES string of the molecule is CC(C)C(NC(=O)O)C(=O)NC1CC1. The molecule has 14 heavy (non-hydrogen) atoms. The molecule has 80 valence electrons. The molecule has 0 spiro atoms. The summed E-state index contributed by atoms with van der Waals surface area (Å²) < 4.78 is 0. The molecule has 0 aromatic rings. The first kappa shape index (κ1) is 10.8. The topological polar surface area (TPSA) is 78.4 Å². The lowest BCUT2D eigenvalue weighted by Crippen LogP contribution is -2.49. The maximum Gasteiger partial charge on any atom is 0.405 e. The van der Waals surface area contributed by atoms with E-state index in [1.165, 1.54) is 0 Å². The number of carboxylic acid groups (broad SMARTS) is 1. The predicted molar refractivity (Wildman–Crippen MR) is 51.0 cm³/mol. The molecule has 0 aromatic carbocycles. The van der Waals surface area contributed by atoms with Crippen LogP contribution in [0.5, 0.6) is 0 Å². The van der Waals surface area contributed by atoms with Gasteiger partial charge in [0, 0.05) is 6.04 Å². The van der Waals surface area contributed by atoms with Crippen LogP contribution in [0.15, 0.2) is 0 Å². The Balaban J connectivity index is 2.46. The second-order valence-corrected chi connectivity index (χ2v) is 3.95. The van der Waals surface area contributed by atoms with Crippen molar-refractivity contribution in [2.75, 3.05) is 0 Å². The van der Waals surface area contributed by atoms with Gasteiger partial charge in [-0.3, -0.25) is 4.79 Å². The van der Waals surface area contributed by atoms with Crippen LogP contribution in [0.25, 0.3) is 0 Å². The lowest BCUT2D eigenvalue weighted by Gasteiger charge is -2.19. The Morgan fingerprint density at radius 1 is 1.36 bits per heavy atom. The van der Waals surface area contributed by atoms with Gasteiger partial charge in [-0.15, -0.1) is 0 Å². The molecule has 1 saturated carbocycles. The van der Waals surface area contributed by atoms with Gasteiger partial charge >= 0.3 is 6.09 Å².